The molecular weight excluding hydrogens is 428 g/mol. The number of amides is 1. The number of benzene rings is 3. The van der Waals surface area contributed by atoms with Crippen molar-refractivity contribution in [2.75, 3.05) is 31.6 Å². The minimum Gasteiger partial charge on any atom is -0.486 e. The third-order valence-electron chi connectivity index (χ3n) is 5.92. The Hall–Kier alpha value is -3.10. The molecule has 32 heavy (non-hydrogen) atoms. The molecule has 0 saturated carbocycles. The summed E-state index contributed by atoms with van der Waals surface area (Å²) in [5.74, 6) is 0.630. The number of rotatable bonds is 4. The normalized spacial score (nSPS) is 18.9. The summed E-state index contributed by atoms with van der Waals surface area (Å²) in [6.45, 7) is 1.53. The van der Waals surface area contributed by atoms with E-state index < -0.39 is 15.9 Å². The smallest absolute Gasteiger partial charge is 0.243 e. The zero-order valence-corrected chi connectivity index (χ0v) is 18.3. The fourth-order valence-electron chi connectivity index (χ4n) is 4.22. The summed E-state index contributed by atoms with van der Waals surface area (Å²) >= 11 is 0. The maximum Gasteiger partial charge on any atom is 0.243 e. The number of sulfonamides is 1. The van der Waals surface area contributed by atoms with Gasteiger partial charge < -0.3 is 14.8 Å². The van der Waals surface area contributed by atoms with Gasteiger partial charge in [-0.3, -0.25) is 4.79 Å². The zero-order chi connectivity index (χ0) is 22.1. The van der Waals surface area contributed by atoms with E-state index in [1.807, 2.05) is 30.3 Å². The van der Waals surface area contributed by atoms with E-state index in [4.69, 9.17) is 9.47 Å². The number of anilines is 1. The molecular formula is C24H24N2O5S. The molecule has 1 fully saturated rings. The fraction of sp³-hybridized carbons (Fsp3) is 0.292. The maximum atomic E-state index is 13.3. The number of hydrogen-bond donors (Lipinski definition) is 1. The highest BCUT2D eigenvalue weighted by atomic mass is 32.2. The first-order chi connectivity index (χ1) is 15.5. The summed E-state index contributed by atoms with van der Waals surface area (Å²) in [5, 5.41) is 4.76. The summed E-state index contributed by atoms with van der Waals surface area (Å²) in [4.78, 5) is 13.2. The average molecular weight is 453 g/mol. The van der Waals surface area contributed by atoms with Crippen LogP contribution in [0.3, 0.4) is 0 Å². The second kappa shape index (κ2) is 8.44. The van der Waals surface area contributed by atoms with Crippen LogP contribution in [-0.2, 0) is 14.8 Å². The van der Waals surface area contributed by atoms with Gasteiger partial charge in [0, 0.05) is 24.8 Å². The quantitative estimate of drug-likeness (QED) is 0.653. The highest BCUT2D eigenvalue weighted by Crippen LogP contribution is 2.33. The number of fused-ring (bicyclic) bond motifs is 2. The molecule has 0 bridgehead atoms. The number of nitrogens with zero attached hydrogens (tertiary/aromatic N) is 1. The van der Waals surface area contributed by atoms with E-state index in [-0.39, 0.29) is 17.3 Å². The monoisotopic (exact) mass is 452 g/mol. The van der Waals surface area contributed by atoms with Crippen molar-refractivity contribution in [1.29, 1.82) is 0 Å². The average Bonchev–Trinajstić information content (AvgIpc) is 2.83. The Labute approximate surface area is 187 Å². The first-order valence-electron chi connectivity index (χ1n) is 10.7. The van der Waals surface area contributed by atoms with Gasteiger partial charge in [0.25, 0.3) is 0 Å². The SMILES string of the molecule is O=C(Nc1ccc2c(c1)OCCO2)C1CCCN(S(=O)(=O)c2ccc3ccccc3c2)C1. The molecule has 5 rings (SSSR count). The summed E-state index contributed by atoms with van der Waals surface area (Å²) in [6, 6.07) is 18.1. The number of ether oxygens (including phenoxy) is 2. The molecule has 3 aromatic carbocycles. The lowest BCUT2D eigenvalue weighted by atomic mass is 9.98. The molecule has 7 nitrogen and oxygen atoms in total. The lowest BCUT2D eigenvalue weighted by Gasteiger charge is -2.31. The molecule has 0 spiro atoms. The van der Waals surface area contributed by atoms with E-state index in [1.54, 1.807) is 30.3 Å². The van der Waals surface area contributed by atoms with Crippen LogP contribution in [0.4, 0.5) is 5.69 Å². The Kier molecular flexibility index (Phi) is 5.48. The summed E-state index contributed by atoms with van der Waals surface area (Å²) in [5.41, 5.74) is 0.605. The van der Waals surface area contributed by atoms with Crippen LogP contribution >= 0.6 is 0 Å². The van der Waals surface area contributed by atoms with Gasteiger partial charge in [-0.1, -0.05) is 30.3 Å². The Morgan fingerprint density at radius 2 is 1.72 bits per heavy atom. The molecule has 1 N–H and O–H groups in total. The van der Waals surface area contributed by atoms with Gasteiger partial charge in [-0.25, -0.2) is 8.42 Å². The van der Waals surface area contributed by atoms with Crippen LogP contribution in [0.2, 0.25) is 0 Å². The Morgan fingerprint density at radius 1 is 0.938 bits per heavy atom. The van der Waals surface area contributed by atoms with Crippen molar-refractivity contribution in [1.82, 2.24) is 4.31 Å². The second-order valence-electron chi connectivity index (χ2n) is 8.06. The maximum absolute atomic E-state index is 13.3. The predicted octanol–water partition coefficient (Wildman–Crippen LogP) is 3.65. The van der Waals surface area contributed by atoms with Crippen LogP contribution in [0.15, 0.2) is 65.6 Å². The van der Waals surface area contributed by atoms with Gasteiger partial charge in [0.05, 0.1) is 10.8 Å². The van der Waals surface area contributed by atoms with Gasteiger partial charge in [0.1, 0.15) is 13.2 Å². The Balaban J connectivity index is 1.31. The fourth-order valence-corrected chi connectivity index (χ4v) is 5.78. The molecule has 2 heterocycles. The molecule has 1 saturated heterocycles. The molecule has 0 radical (unpaired) electrons. The Bertz CT molecular complexity index is 1270. The van der Waals surface area contributed by atoms with E-state index in [0.29, 0.717) is 49.8 Å². The van der Waals surface area contributed by atoms with Gasteiger partial charge in [0.15, 0.2) is 11.5 Å². The van der Waals surface area contributed by atoms with Crippen molar-refractivity contribution in [3.05, 3.63) is 60.7 Å². The number of piperidine rings is 1. The van der Waals surface area contributed by atoms with Crippen LogP contribution in [-0.4, -0.2) is 44.9 Å². The van der Waals surface area contributed by atoms with Gasteiger partial charge in [-0.15, -0.1) is 0 Å². The third-order valence-corrected chi connectivity index (χ3v) is 7.78. The molecule has 0 aliphatic carbocycles. The number of hydrogen-bond acceptors (Lipinski definition) is 5. The van der Waals surface area contributed by atoms with Gasteiger partial charge in [-0.05, 0) is 47.9 Å². The van der Waals surface area contributed by atoms with E-state index in [1.165, 1.54) is 4.31 Å². The first kappa shape index (κ1) is 20.8. The van der Waals surface area contributed by atoms with Crippen molar-refractivity contribution in [3.8, 4) is 11.5 Å². The predicted molar refractivity (Wildman–Crippen MR) is 121 cm³/mol. The van der Waals surface area contributed by atoms with Crippen LogP contribution in [0, 0.1) is 5.92 Å². The standard InChI is InChI=1S/C24H24N2O5S/c27-24(25-20-8-10-22-23(15-20)31-13-12-30-22)19-6-3-11-26(16-19)32(28,29)21-9-7-17-4-1-2-5-18(17)14-21/h1-2,4-5,7-10,14-15,19H,3,6,11-13,16H2,(H,25,27). The summed E-state index contributed by atoms with van der Waals surface area (Å²) < 4.78 is 39.1. The Morgan fingerprint density at radius 3 is 2.56 bits per heavy atom. The summed E-state index contributed by atoms with van der Waals surface area (Å²) in [7, 11) is -3.69. The molecule has 0 aromatic heterocycles. The van der Waals surface area contributed by atoms with E-state index in [9.17, 15) is 13.2 Å². The first-order valence-corrected chi connectivity index (χ1v) is 12.1. The number of carbonyl (C=O) groups is 1. The van der Waals surface area contributed by atoms with Crippen molar-refractivity contribution >= 4 is 32.4 Å². The second-order valence-corrected chi connectivity index (χ2v) is 10.00. The van der Waals surface area contributed by atoms with Crippen LogP contribution < -0.4 is 14.8 Å². The zero-order valence-electron chi connectivity index (χ0n) is 17.5. The minimum atomic E-state index is -3.69. The van der Waals surface area contributed by atoms with Crippen LogP contribution in [0.25, 0.3) is 10.8 Å². The molecule has 166 valence electrons. The lowest BCUT2D eigenvalue weighted by molar-refractivity contribution is -0.120. The van der Waals surface area contributed by atoms with Crippen molar-refractivity contribution < 1.29 is 22.7 Å². The topological polar surface area (TPSA) is 84.9 Å². The van der Waals surface area contributed by atoms with E-state index in [2.05, 4.69) is 5.32 Å². The van der Waals surface area contributed by atoms with E-state index >= 15 is 0 Å². The molecule has 1 atom stereocenters. The van der Waals surface area contributed by atoms with Crippen molar-refractivity contribution in [2.45, 2.75) is 17.7 Å². The van der Waals surface area contributed by atoms with Crippen LogP contribution in [0.1, 0.15) is 12.8 Å². The molecule has 2 aliphatic heterocycles. The summed E-state index contributed by atoms with van der Waals surface area (Å²) in [6.07, 6.45) is 1.27. The van der Waals surface area contributed by atoms with E-state index in [0.717, 1.165) is 10.8 Å². The largest absolute Gasteiger partial charge is 0.486 e. The highest BCUT2D eigenvalue weighted by Gasteiger charge is 2.33. The number of carbonyl (C=O) groups excluding carboxylic acids is 1. The van der Waals surface area contributed by atoms with Crippen molar-refractivity contribution in [2.24, 2.45) is 5.92 Å². The van der Waals surface area contributed by atoms with Crippen LogP contribution in [0.5, 0.6) is 11.5 Å². The number of nitrogens with one attached hydrogen (secondary N) is 1. The highest BCUT2D eigenvalue weighted by molar-refractivity contribution is 7.89. The molecule has 1 amide bonds. The van der Waals surface area contributed by atoms with Gasteiger partial charge >= 0.3 is 0 Å². The molecule has 1 unspecified atom stereocenters. The third kappa shape index (κ3) is 4.03. The molecule has 2 aliphatic rings. The van der Waals surface area contributed by atoms with Crippen molar-refractivity contribution in [3.63, 3.8) is 0 Å². The molecule has 3 aromatic rings. The molecule has 8 heteroatoms. The minimum absolute atomic E-state index is 0.158. The van der Waals surface area contributed by atoms with Gasteiger partial charge in [0.2, 0.25) is 15.9 Å². The lowest BCUT2D eigenvalue weighted by Crippen LogP contribution is -2.43. The van der Waals surface area contributed by atoms with Gasteiger partial charge in [-0.2, -0.15) is 4.31 Å².